The first-order chi connectivity index (χ1) is 11.4. The Hall–Kier alpha value is -1.96. The second-order valence-corrected chi connectivity index (χ2v) is 7.39. The van der Waals surface area contributed by atoms with E-state index in [1.165, 1.54) is 16.2 Å². The van der Waals surface area contributed by atoms with E-state index in [0.717, 1.165) is 29.9 Å². The molecule has 0 bridgehead atoms. The summed E-state index contributed by atoms with van der Waals surface area (Å²) < 4.78 is 0. The topological polar surface area (TPSA) is 82.6 Å². The fourth-order valence-electron chi connectivity index (χ4n) is 3.54. The van der Waals surface area contributed by atoms with Gasteiger partial charge in [-0.25, -0.2) is 9.78 Å². The maximum Gasteiger partial charge on any atom is 0.325 e. The SMILES string of the molecule is C[C@@H]1CCCC[C@@]12NC(=O)N(CC(=O)N(C)Cc1cscn1)C2=O. The van der Waals surface area contributed by atoms with Crippen LogP contribution in [0.5, 0.6) is 0 Å². The molecule has 24 heavy (non-hydrogen) atoms. The van der Waals surface area contributed by atoms with Crippen LogP contribution in [-0.4, -0.2) is 51.8 Å². The van der Waals surface area contributed by atoms with Crippen molar-refractivity contribution in [3.05, 3.63) is 16.6 Å². The highest BCUT2D eigenvalue weighted by atomic mass is 32.1. The number of thiazole rings is 1. The molecule has 7 nitrogen and oxygen atoms in total. The van der Waals surface area contributed by atoms with Crippen LogP contribution in [0.25, 0.3) is 0 Å². The first-order valence-corrected chi connectivity index (χ1v) is 9.13. The molecule has 2 aliphatic rings. The van der Waals surface area contributed by atoms with Gasteiger partial charge in [-0.1, -0.05) is 19.8 Å². The number of amides is 4. The zero-order chi connectivity index (χ0) is 17.3. The van der Waals surface area contributed by atoms with Crippen molar-refractivity contribution in [1.82, 2.24) is 20.1 Å². The molecule has 0 unspecified atom stereocenters. The minimum Gasteiger partial charge on any atom is -0.338 e. The molecule has 2 fully saturated rings. The quantitative estimate of drug-likeness (QED) is 0.836. The van der Waals surface area contributed by atoms with Gasteiger partial charge >= 0.3 is 6.03 Å². The fraction of sp³-hybridized carbons (Fsp3) is 0.625. The lowest BCUT2D eigenvalue weighted by Crippen LogP contribution is -2.54. The van der Waals surface area contributed by atoms with E-state index in [2.05, 4.69) is 10.3 Å². The van der Waals surface area contributed by atoms with Crippen LogP contribution in [0.2, 0.25) is 0 Å². The molecule has 0 aromatic carbocycles. The van der Waals surface area contributed by atoms with Gasteiger partial charge in [-0.15, -0.1) is 11.3 Å². The summed E-state index contributed by atoms with van der Waals surface area (Å²) in [5.41, 5.74) is 1.69. The molecule has 2 atom stereocenters. The van der Waals surface area contributed by atoms with Gasteiger partial charge in [0, 0.05) is 12.4 Å². The molecule has 1 aromatic rings. The van der Waals surface area contributed by atoms with Crippen molar-refractivity contribution in [2.75, 3.05) is 13.6 Å². The van der Waals surface area contributed by atoms with Crippen molar-refractivity contribution in [2.24, 2.45) is 5.92 Å². The number of imide groups is 1. The molecule has 0 radical (unpaired) electrons. The third kappa shape index (κ3) is 2.90. The van der Waals surface area contributed by atoms with Crippen LogP contribution < -0.4 is 5.32 Å². The fourth-order valence-corrected chi connectivity index (χ4v) is 4.09. The van der Waals surface area contributed by atoms with Gasteiger partial charge < -0.3 is 10.2 Å². The van der Waals surface area contributed by atoms with Gasteiger partial charge in [-0.3, -0.25) is 14.5 Å². The van der Waals surface area contributed by atoms with E-state index < -0.39 is 11.6 Å². The van der Waals surface area contributed by atoms with Crippen LogP contribution in [0, 0.1) is 5.92 Å². The van der Waals surface area contributed by atoms with Gasteiger partial charge in [0.25, 0.3) is 5.91 Å². The van der Waals surface area contributed by atoms with Crippen LogP contribution in [0.1, 0.15) is 38.3 Å². The number of hydrogen-bond acceptors (Lipinski definition) is 5. The van der Waals surface area contributed by atoms with Crippen molar-refractivity contribution >= 4 is 29.2 Å². The standard InChI is InChI=1S/C16H22N4O3S/c1-11-5-3-4-6-16(11)14(22)20(15(23)18-16)8-13(21)19(2)7-12-9-24-10-17-12/h9-11H,3-8H2,1-2H3,(H,18,23)/t11-,16-/m1/s1. The Morgan fingerprint density at radius 2 is 2.29 bits per heavy atom. The van der Waals surface area contributed by atoms with Crippen LogP contribution in [0.15, 0.2) is 10.9 Å². The molecule has 1 aliphatic heterocycles. The molecule has 1 aromatic heterocycles. The normalized spacial score (nSPS) is 26.8. The molecular weight excluding hydrogens is 328 g/mol. The highest BCUT2D eigenvalue weighted by Crippen LogP contribution is 2.38. The Morgan fingerprint density at radius 3 is 2.96 bits per heavy atom. The smallest absolute Gasteiger partial charge is 0.325 e. The van der Waals surface area contributed by atoms with Gasteiger partial charge in [0.05, 0.1) is 17.7 Å². The number of rotatable bonds is 4. The predicted octanol–water partition coefficient (Wildman–Crippen LogP) is 1.60. The Balaban J connectivity index is 1.67. The lowest BCUT2D eigenvalue weighted by atomic mass is 9.73. The van der Waals surface area contributed by atoms with E-state index in [0.29, 0.717) is 13.0 Å². The Bertz CT molecular complexity index is 648. The number of likely N-dealkylation sites (N-methyl/N-ethyl adjacent to an activating group) is 1. The molecule has 1 spiro atoms. The Kier molecular flexibility index (Phi) is 4.58. The number of carbonyl (C=O) groups is 3. The second kappa shape index (κ2) is 6.51. The summed E-state index contributed by atoms with van der Waals surface area (Å²) in [5, 5.41) is 4.74. The molecule has 8 heteroatoms. The number of hydrogen-bond donors (Lipinski definition) is 1. The van der Waals surface area contributed by atoms with Crippen molar-refractivity contribution < 1.29 is 14.4 Å². The minimum atomic E-state index is -0.816. The van der Waals surface area contributed by atoms with Gasteiger partial charge in [-0.2, -0.15) is 0 Å². The first-order valence-electron chi connectivity index (χ1n) is 8.19. The van der Waals surface area contributed by atoms with Crippen molar-refractivity contribution in [1.29, 1.82) is 0 Å². The monoisotopic (exact) mass is 350 g/mol. The maximum absolute atomic E-state index is 12.8. The molecular formula is C16H22N4O3S. The zero-order valence-electron chi connectivity index (χ0n) is 13.9. The Morgan fingerprint density at radius 1 is 1.50 bits per heavy atom. The maximum atomic E-state index is 12.8. The van der Waals surface area contributed by atoms with E-state index in [9.17, 15) is 14.4 Å². The highest BCUT2D eigenvalue weighted by Gasteiger charge is 2.55. The third-order valence-electron chi connectivity index (χ3n) is 5.10. The summed E-state index contributed by atoms with van der Waals surface area (Å²) in [7, 11) is 1.65. The molecule has 1 N–H and O–H groups in total. The van der Waals surface area contributed by atoms with Gasteiger partial charge in [0.1, 0.15) is 12.1 Å². The van der Waals surface area contributed by atoms with Crippen LogP contribution in [0.3, 0.4) is 0 Å². The van der Waals surface area contributed by atoms with E-state index in [4.69, 9.17) is 0 Å². The first kappa shape index (κ1) is 16.9. The molecule has 3 rings (SSSR count). The van der Waals surface area contributed by atoms with Crippen LogP contribution >= 0.6 is 11.3 Å². The molecule has 1 aliphatic carbocycles. The van der Waals surface area contributed by atoms with Crippen molar-refractivity contribution in [3.8, 4) is 0 Å². The molecule has 2 heterocycles. The predicted molar refractivity (Wildman–Crippen MR) is 89.2 cm³/mol. The summed E-state index contributed by atoms with van der Waals surface area (Å²) in [6.07, 6.45) is 3.55. The third-order valence-corrected chi connectivity index (χ3v) is 5.74. The van der Waals surface area contributed by atoms with Crippen LogP contribution in [-0.2, 0) is 16.1 Å². The average Bonchev–Trinajstić information content (AvgIpc) is 3.13. The zero-order valence-corrected chi connectivity index (χ0v) is 14.8. The largest absolute Gasteiger partial charge is 0.338 e. The van der Waals surface area contributed by atoms with Crippen molar-refractivity contribution in [2.45, 2.75) is 44.7 Å². The number of nitrogens with one attached hydrogen (secondary N) is 1. The Labute approximate surface area is 145 Å². The average molecular weight is 350 g/mol. The highest BCUT2D eigenvalue weighted by molar-refractivity contribution is 7.07. The van der Waals surface area contributed by atoms with Crippen LogP contribution in [0.4, 0.5) is 4.79 Å². The van der Waals surface area contributed by atoms with E-state index in [1.807, 2.05) is 12.3 Å². The molecule has 4 amide bonds. The van der Waals surface area contributed by atoms with E-state index in [-0.39, 0.29) is 24.3 Å². The van der Waals surface area contributed by atoms with E-state index >= 15 is 0 Å². The second-order valence-electron chi connectivity index (χ2n) is 6.67. The molecule has 1 saturated carbocycles. The summed E-state index contributed by atoms with van der Waals surface area (Å²) >= 11 is 1.46. The van der Waals surface area contributed by atoms with E-state index in [1.54, 1.807) is 12.6 Å². The van der Waals surface area contributed by atoms with Crippen molar-refractivity contribution in [3.63, 3.8) is 0 Å². The number of carbonyl (C=O) groups excluding carboxylic acids is 3. The lowest BCUT2D eigenvalue weighted by molar-refractivity contribution is -0.140. The number of nitrogens with zero attached hydrogens (tertiary/aromatic N) is 3. The summed E-state index contributed by atoms with van der Waals surface area (Å²) in [6, 6.07) is -0.454. The summed E-state index contributed by atoms with van der Waals surface area (Å²) in [4.78, 5) is 44.2. The number of urea groups is 1. The van der Waals surface area contributed by atoms with Gasteiger partial charge in [0.15, 0.2) is 0 Å². The molecule has 1 saturated heterocycles. The van der Waals surface area contributed by atoms with Gasteiger partial charge in [-0.05, 0) is 18.8 Å². The molecule has 130 valence electrons. The summed E-state index contributed by atoms with van der Waals surface area (Å²) in [5.74, 6) is -0.433. The van der Waals surface area contributed by atoms with Gasteiger partial charge in [0.2, 0.25) is 5.91 Å². The summed E-state index contributed by atoms with van der Waals surface area (Å²) in [6.45, 7) is 2.14. The minimum absolute atomic E-state index is 0.0931. The lowest BCUT2D eigenvalue weighted by Gasteiger charge is -2.36. The number of aromatic nitrogens is 1.